The SMILES string of the molecule is COC1(OC)C=CC(C(OC[C@H]2O[C@@H](n3ccc(=O)[nH]c3=O)C[C@@H]2O)(c2ccccc2)c2ccccc2)=CC1. The summed E-state index contributed by atoms with van der Waals surface area (Å²) in [6.07, 6.45) is 5.55. The van der Waals surface area contributed by atoms with Crippen LogP contribution in [0.25, 0.3) is 0 Å². The van der Waals surface area contributed by atoms with Crippen molar-refractivity contribution in [3.05, 3.63) is 129 Å². The Morgan fingerprint density at radius 3 is 2.21 bits per heavy atom. The molecule has 0 spiro atoms. The Hall–Kier alpha value is -3.60. The highest BCUT2D eigenvalue weighted by atomic mass is 16.7. The van der Waals surface area contributed by atoms with Crippen LogP contribution in [0.15, 0.2) is 106 Å². The Labute approximate surface area is 225 Å². The van der Waals surface area contributed by atoms with Crippen molar-refractivity contribution in [3.8, 4) is 0 Å². The van der Waals surface area contributed by atoms with E-state index in [0.29, 0.717) is 6.42 Å². The van der Waals surface area contributed by atoms with E-state index < -0.39 is 41.1 Å². The van der Waals surface area contributed by atoms with Crippen LogP contribution in [-0.2, 0) is 24.5 Å². The van der Waals surface area contributed by atoms with Gasteiger partial charge in [-0.1, -0.05) is 72.8 Å². The molecule has 0 amide bonds. The zero-order valence-corrected chi connectivity index (χ0v) is 21.9. The van der Waals surface area contributed by atoms with Crippen LogP contribution in [0.3, 0.4) is 0 Å². The molecule has 0 unspecified atom stereocenters. The summed E-state index contributed by atoms with van der Waals surface area (Å²) in [5.74, 6) is -0.871. The lowest BCUT2D eigenvalue weighted by molar-refractivity contribution is -0.168. The quantitative estimate of drug-likeness (QED) is 0.408. The van der Waals surface area contributed by atoms with Gasteiger partial charge in [-0.2, -0.15) is 0 Å². The number of hydrogen-bond acceptors (Lipinski definition) is 7. The average Bonchev–Trinajstić information content (AvgIpc) is 3.34. The summed E-state index contributed by atoms with van der Waals surface area (Å²) in [7, 11) is 3.21. The molecule has 1 saturated heterocycles. The first-order chi connectivity index (χ1) is 18.9. The number of aromatic amines is 1. The van der Waals surface area contributed by atoms with E-state index in [1.165, 1.54) is 16.8 Å². The van der Waals surface area contributed by atoms with Crippen molar-refractivity contribution in [2.45, 2.75) is 42.7 Å². The molecule has 1 aromatic heterocycles. The van der Waals surface area contributed by atoms with Gasteiger partial charge in [-0.15, -0.1) is 0 Å². The van der Waals surface area contributed by atoms with Crippen LogP contribution in [0.1, 0.15) is 30.2 Å². The minimum atomic E-state index is -1.04. The highest BCUT2D eigenvalue weighted by molar-refractivity contribution is 5.51. The Bertz CT molecular complexity index is 1400. The van der Waals surface area contributed by atoms with Crippen molar-refractivity contribution in [1.82, 2.24) is 9.55 Å². The Morgan fingerprint density at radius 2 is 1.67 bits per heavy atom. The largest absolute Gasteiger partial charge is 0.390 e. The van der Waals surface area contributed by atoms with Crippen LogP contribution in [0.5, 0.6) is 0 Å². The van der Waals surface area contributed by atoms with Crippen molar-refractivity contribution in [3.63, 3.8) is 0 Å². The summed E-state index contributed by atoms with van der Waals surface area (Å²) in [5, 5.41) is 10.9. The first-order valence-electron chi connectivity index (χ1n) is 12.8. The molecule has 2 aromatic carbocycles. The van der Waals surface area contributed by atoms with Crippen molar-refractivity contribution in [1.29, 1.82) is 0 Å². The van der Waals surface area contributed by atoms with E-state index in [4.69, 9.17) is 18.9 Å². The lowest BCUT2D eigenvalue weighted by atomic mass is 9.77. The first kappa shape index (κ1) is 27.0. The number of nitrogens with one attached hydrogen (secondary N) is 1. The molecule has 1 aliphatic carbocycles. The normalized spacial score (nSPS) is 22.5. The van der Waals surface area contributed by atoms with Crippen LogP contribution in [-0.4, -0.2) is 53.5 Å². The zero-order chi connectivity index (χ0) is 27.5. The van der Waals surface area contributed by atoms with E-state index in [1.807, 2.05) is 78.9 Å². The highest BCUT2D eigenvalue weighted by Crippen LogP contribution is 2.44. The second-order valence-electron chi connectivity index (χ2n) is 9.59. The van der Waals surface area contributed by atoms with Crippen LogP contribution >= 0.6 is 0 Å². The summed E-state index contributed by atoms with van der Waals surface area (Å²) in [4.78, 5) is 26.0. The molecule has 5 rings (SSSR count). The van der Waals surface area contributed by atoms with E-state index in [9.17, 15) is 14.7 Å². The van der Waals surface area contributed by atoms with Gasteiger partial charge in [0.25, 0.3) is 5.56 Å². The predicted octanol–water partition coefficient (Wildman–Crippen LogP) is 3.02. The van der Waals surface area contributed by atoms with Crippen molar-refractivity contribution in [2.24, 2.45) is 0 Å². The van der Waals surface area contributed by atoms with Gasteiger partial charge >= 0.3 is 5.69 Å². The van der Waals surface area contributed by atoms with E-state index in [1.54, 1.807) is 14.2 Å². The topological polar surface area (TPSA) is 112 Å². The zero-order valence-electron chi connectivity index (χ0n) is 21.9. The van der Waals surface area contributed by atoms with E-state index in [2.05, 4.69) is 4.98 Å². The minimum Gasteiger partial charge on any atom is -0.390 e. The number of aliphatic hydroxyl groups is 1. The third kappa shape index (κ3) is 5.19. The van der Waals surface area contributed by atoms with Gasteiger partial charge in [0, 0.05) is 39.3 Å². The molecule has 2 N–H and O–H groups in total. The molecule has 1 fully saturated rings. The lowest BCUT2D eigenvalue weighted by Crippen LogP contribution is -2.40. The maximum absolute atomic E-state index is 12.3. The maximum Gasteiger partial charge on any atom is 0.330 e. The molecule has 3 aromatic rings. The van der Waals surface area contributed by atoms with Crippen molar-refractivity contribution < 1.29 is 24.1 Å². The van der Waals surface area contributed by atoms with Crippen LogP contribution in [0.2, 0.25) is 0 Å². The molecule has 1 aliphatic heterocycles. The van der Waals surface area contributed by atoms with Crippen LogP contribution < -0.4 is 11.2 Å². The highest BCUT2D eigenvalue weighted by Gasteiger charge is 2.44. The summed E-state index contributed by atoms with van der Waals surface area (Å²) in [6, 6.07) is 21.0. The molecule has 3 atom stereocenters. The molecule has 9 nitrogen and oxygen atoms in total. The summed E-state index contributed by atoms with van der Waals surface area (Å²) in [6.45, 7) is 0.0322. The van der Waals surface area contributed by atoms with Gasteiger partial charge in [0.1, 0.15) is 17.9 Å². The number of rotatable bonds is 9. The van der Waals surface area contributed by atoms with Gasteiger partial charge in [-0.3, -0.25) is 14.3 Å². The second-order valence-corrected chi connectivity index (χ2v) is 9.59. The third-order valence-electron chi connectivity index (χ3n) is 7.41. The van der Waals surface area contributed by atoms with Gasteiger partial charge in [-0.05, 0) is 22.8 Å². The molecule has 39 heavy (non-hydrogen) atoms. The fraction of sp³-hybridized carbons (Fsp3) is 0.333. The molecule has 0 radical (unpaired) electrons. The molecule has 204 valence electrons. The van der Waals surface area contributed by atoms with Gasteiger partial charge < -0.3 is 24.1 Å². The molecule has 9 heteroatoms. The summed E-state index contributed by atoms with van der Waals surface area (Å²) < 4.78 is 25.5. The predicted molar refractivity (Wildman–Crippen MR) is 144 cm³/mol. The molecule has 2 aliphatic rings. The van der Waals surface area contributed by atoms with Crippen molar-refractivity contribution in [2.75, 3.05) is 20.8 Å². The second kappa shape index (κ2) is 11.3. The fourth-order valence-electron chi connectivity index (χ4n) is 5.25. The molecule has 0 bridgehead atoms. The van der Waals surface area contributed by atoms with Gasteiger partial charge in [0.2, 0.25) is 0 Å². The maximum atomic E-state index is 12.3. The smallest absolute Gasteiger partial charge is 0.330 e. The number of aromatic nitrogens is 2. The number of H-pyrrole nitrogens is 1. The molecular formula is C30H32N2O7. The summed E-state index contributed by atoms with van der Waals surface area (Å²) >= 11 is 0. The van der Waals surface area contributed by atoms with Gasteiger partial charge in [-0.25, -0.2) is 4.79 Å². The number of aliphatic hydroxyl groups excluding tert-OH is 1. The third-order valence-corrected chi connectivity index (χ3v) is 7.41. The number of benzene rings is 2. The van der Waals surface area contributed by atoms with Gasteiger partial charge in [0.05, 0.1) is 12.7 Å². The van der Waals surface area contributed by atoms with Crippen molar-refractivity contribution >= 4 is 0 Å². The van der Waals surface area contributed by atoms with Gasteiger partial charge in [0.15, 0.2) is 5.79 Å². The monoisotopic (exact) mass is 532 g/mol. The van der Waals surface area contributed by atoms with Crippen LogP contribution in [0.4, 0.5) is 0 Å². The lowest BCUT2D eigenvalue weighted by Gasteiger charge is -2.40. The Kier molecular flexibility index (Phi) is 7.79. The fourth-order valence-corrected chi connectivity index (χ4v) is 5.25. The molecule has 2 heterocycles. The minimum absolute atomic E-state index is 0.0322. The number of ether oxygens (including phenoxy) is 4. The number of nitrogens with zero attached hydrogens (tertiary/aromatic N) is 1. The van der Waals surface area contributed by atoms with E-state index >= 15 is 0 Å². The first-order valence-corrected chi connectivity index (χ1v) is 12.8. The number of methoxy groups -OCH3 is 2. The Morgan fingerprint density at radius 1 is 1.03 bits per heavy atom. The molecule has 0 saturated carbocycles. The number of hydrogen-bond donors (Lipinski definition) is 2. The van der Waals surface area contributed by atoms with Crippen LogP contribution in [0, 0.1) is 0 Å². The standard InChI is InChI=1S/C30H32N2O7/c1-36-29(37-2)16-13-23(14-17-29)30(21-9-5-3-6-10-21,22-11-7-4-8-12-22)38-20-25-24(33)19-27(39-25)32-18-15-26(34)31-28(32)35/h3-16,18,24-25,27,33H,17,19-20H2,1-2H3,(H,31,34,35)/t24-,25+,27+/m0/s1. The average molecular weight is 533 g/mol. The summed E-state index contributed by atoms with van der Waals surface area (Å²) in [5.41, 5.74) is 0.547. The molecular weight excluding hydrogens is 500 g/mol. The Balaban J connectivity index is 1.51. The van der Waals surface area contributed by atoms with E-state index in [-0.39, 0.29) is 13.0 Å². The van der Waals surface area contributed by atoms with E-state index in [0.717, 1.165) is 16.7 Å².